The highest BCUT2D eigenvalue weighted by molar-refractivity contribution is 6.07. The topological polar surface area (TPSA) is 34.0 Å². The molecule has 8 aromatic carbocycles. The van der Waals surface area contributed by atoms with Crippen molar-refractivity contribution in [1.29, 1.82) is 0 Å². The summed E-state index contributed by atoms with van der Waals surface area (Å²) in [5.41, 5.74) is 18.7. The van der Waals surface area contributed by atoms with Gasteiger partial charge in [0.15, 0.2) is 0 Å². The van der Waals surface area contributed by atoms with Gasteiger partial charge in [-0.05, 0) is 112 Å². The monoisotopic (exact) mass is 832 g/mol. The van der Waals surface area contributed by atoms with Crippen molar-refractivity contribution in [3.05, 3.63) is 255 Å². The minimum absolute atomic E-state index is 0.852. The molecule has 308 valence electrons. The molecule has 3 aromatic heterocycles. The number of fused-ring (bicyclic) bond motifs is 1. The molecule has 0 atom stereocenters. The standard InChI is InChI=1S/C61H44N4/c1-43-38-51(56-41-50(35-37-62-56)46-31-29-45(30-32-46)44-18-6-2-7-19-44)40-53(39-43)64(57-27-15-14-26-54(57)47-20-8-3-9-21-47)52-33-34-55-58(42-52)65(59-28-16-17-36-63-59)61(49-24-12-5-13-25-49)60(55)48-22-10-4-11-23-48/h2-42H,1H3. The molecule has 0 aliphatic rings. The molecular formula is C61H44N4. The van der Waals surface area contributed by atoms with Gasteiger partial charge in [-0.3, -0.25) is 9.55 Å². The van der Waals surface area contributed by atoms with Crippen molar-refractivity contribution in [2.24, 2.45) is 0 Å². The number of pyridine rings is 2. The Morgan fingerprint density at radius 1 is 0.385 bits per heavy atom. The molecule has 4 heteroatoms. The first-order chi connectivity index (χ1) is 32.2. The van der Waals surface area contributed by atoms with Gasteiger partial charge < -0.3 is 4.90 Å². The van der Waals surface area contributed by atoms with Crippen LogP contribution in [0.3, 0.4) is 0 Å². The summed E-state index contributed by atoms with van der Waals surface area (Å²) in [6.07, 6.45) is 3.80. The van der Waals surface area contributed by atoms with E-state index in [9.17, 15) is 0 Å². The molecule has 0 amide bonds. The summed E-state index contributed by atoms with van der Waals surface area (Å²) in [5, 5.41) is 1.14. The maximum Gasteiger partial charge on any atom is 0.137 e. The summed E-state index contributed by atoms with van der Waals surface area (Å²) in [6.45, 7) is 2.17. The van der Waals surface area contributed by atoms with Gasteiger partial charge in [-0.2, -0.15) is 0 Å². The predicted molar refractivity (Wildman–Crippen MR) is 271 cm³/mol. The fourth-order valence-electron chi connectivity index (χ4n) is 9.16. The summed E-state index contributed by atoms with van der Waals surface area (Å²) in [5.74, 6) is 0.852. The van der Waals surface area contributed by atoms with E-state index >= 15 is 0 Å². The molecule has 0 saturated carbocycles. The summed E-state index contributed by atoms with van der Waals surface area (Å²) < 4.78 is 2.33. The van der Waals surface area contributed by atoms with E-state index in [-0.39, 0.29) is 0 Å². The number of rotatable bonds is 10. The molecule has 0 unspecified atom stereocenters. The minimum Gasteiger partial charge on any atom is -0.310 e. The smallest absolute Gasteiger partial charge is 0.137 e. The van der Waals surface area contributed by atoms with Gasteiger partial charge in [0.25, 0.3) is 0 Å². The van der Waals surface area contributed by atoms with E-state index in [1.807, 2.05) is 18.5 Å². The molecule has 11 aromatic rings. The Bertz CT molecular complexity index is 3400. The normalized spacial score (nSPS) is 11.2. The molecule has 3 heterocycles. The SMILES string of the molecule is Cc1cc(-c2cc(-c3ccc(-c4ccccc4)cc3)ccn2)cc(N(c2ccc3c(-c4ccccc4)c(-c4ccccc4)n(-c4ccccn4)c3c2)c2ccccc2-c2ccccc2)c1. The molecule has 11 rings (SSSR count). The van der Waals surface area contributed by atoms with Crippen molar-refractivity contribution in [1.82, 2.24) is 14.5 Å². The van der Waals surface area contributed by atoms with Crippen molar-refractivity contribution in [2.75, 3.05) is 4.90 Å². The Morgan fingerprint density at radius 3 is 1.68 bits per heavy atom. The molecule has 0 spiro atoms. The Morgan fingerprint density at radius 2 is 0.985 bits per heavy atom. The second-order valence-corrected chi connectivity index (χ2v) is 16.3. The maximum absolute atomic E-state index is 4.98. The quantitative estimate of drug-likeness (QED) is 0.138. The number of hydrogen-bond acceptors (Lipinski definition) is 3. The Labute approximate surface area is 380 Å². The fourth-order valence-corrected chi connectivity index (χ4v) is 9.16. The summed E-state index contributed by atoms with van der Waals surface area (Å²) in [7, 11) is 0. The molecule has 0 aliphatic carbocycles. The highest BCUT2D eigenvalue weighted by Crippen LogP contribution is 2.47. The zero-order chi connectivity index (χ0) is 43.5. The Balaban J connectivity index is 1.12. The van der Waals surface area contributed by atoms with Gasteiger partial charge in [-0.25, -0.2) is 4.98 Å². The van der Waals surface area contributed by atoms with Crippen LogP contribution in [0, 0.1) is 6.92 Å². The second-order valence-electron chi connectivity index (χ2n) is 16.3. The second kappa shape index (κ2) is 17.3. The number of aromatic nitrogens is 3. The lowest BCUT2D eigenvalue weighted by molar-refractivity contribution is 1.05. The zero-order valence-corrected chi connectivity index (χ0v) is 36.0. The van der Waals surface area contributed by atoms with Crippen LogP contribution in [0.2, 0.25) is 0 Å². The van der Waals surface area contributed by atoms with Crippen molar-refractivity contribution >= 4 is 28.0 Å². The fraction of sp³-hybridized carbons (Fsp3) is 0.0164. The van der Waals surface area contributed by atoms with E-state index in [0.29, 0.717) is 0 Å². The number of benzene rings is 8. The molecule has 0 fully saturated rings. The first-order valence-electron chi connectivity index (χ1n) is 22.1. The molecule has 0 N–H and O–H groups in total. The number of aryl methyl sites for hydroxylation is 1. The third-order valence-electron chi connectivity index (χ3n) is 12.1. The highest BCUT2D eigenvalue weighted by Gasteiger charge is 2.25. The number of nitrogens with zero attached hydrogens (tertiary/aromatic N) is 4. The molecule has 0 aliphatic heterocycles. The lowest BCUT2D eigenvalue weighted by atomic mass is 9.97. The Kier molecular flexibility index (Phi) is 10.4. The van der Waals surface area contributed by atoms with Gasteiger partial charge in [0.05, 0.1) is 22.6 Å². The average Bonchev–Trinajstić information content (AvgIpc) is 3.72. The van der Waals surface area contributed by atoms with Crippen molar-refractivity contribution in [2.45, 2.75) is 6.92 Å². The third kappa shape index (κ3) is 7.68. The average molecular weight is 833 g/mol. The number of anilines is 3. The zero-order valence-electron chi connectivity index (χ0n) is 36.0. The van der Waals surface area contributed by atoms with E-state index in [2.05, 4.69) is 247 Å². The Hall–Kier alpha value is -8.60. The lowest BCUT2D eigenvalue weighted by Crippen LogP contribution is -2.12. The van der Waals surface area contributed by atoms with Crippen LogP contribution in [0.4, 0.5) is 17.1 Å². The van der Waals surface area contributed by atoms with Gasteiger partial charge in [0, 0.05) is 45.8 Å². The number of hydrogen-bond donors (Lipinski definition) is 0. The van der Waals surface area contributed by atoms with E-state index in [0.717, 1.165) is 89.7 Å². The molecule has 0 radical (unpaired) electrons. The van der Waals surface area contributed by atoms with Crippen LogP contribution in [-0.4, -0.2) is 14.5 Å². The van der Waals surface area contributed by atoms with E-state index in [1.54, 1.807) is 0 Å². The van der Waals surface area contributed by atoms with Gasteiger partial charge >= 0.3 is 0 Å². The predicted octanol–water partition coefficient (Wildman–Crippen LogP) is 16.2. The van der Waals surface area contributed by atoms with Gasteiger partial charge in [0.2, 0.25) is 0 Å². The summed E-state index contributed by atoms with van der Waals surface area (Å²) in [4.78, 5) is 12.4. The van der Waals surface area contributed by atoms with Crippen LogP contribution >= 0.6 is 0 Å². The van der Waals surface area contributed by atoms with Gasteiger partial charge in [-0.1, -0.05) is 176 Å². The minimum atomic E-state index is 0.852. The van der Waals surface area contributed by atoms with Gasteiger partial charge in [0.1, 0.15) is 5.82 Å². The largest absolute Gasteiger partial charge is 0.310 e. The molecule has 4 nitrogen and oxygen atoms in total. The van der Waals surface area contributed by atoms with Crippen LogP contribution < -0.4 is 4.90 Å². The third-order valence-corrected chi connectivity index (χ3v) is 12.1. The molecule has 0 saturated heterocycles. The van der Waals surface area contributed by atoms with Crippen LogP contribution in [0.15, 0.2) is 249 Å². The first kappa shape index (κ1) is 39.3. The number of para-hydroxylation sites is 1. The molecule has 65 heavy (non-hydrogen) atoms. The van der Waals surface area contributed by atoms with Gasteiger partial charge in [-0.15, -0.1) is 0 Å². The summed E-state index contributed by atoms with van der Waals surface area (Å²) in [6, 6.07) is 84.3. The van der Waals surface area contributed by atoms with Crippen molar-refractivity contribution in [3.8, 4) is 72.8 Å². The molecule has 0 bridgehead atoms. The van der Waals surface area contributed by atoms with Crippen molar-refractivity contribution in [3.63, 3.8) is 0 Å². The van der Waals surface area contributed by atoms with E-state index in [4.69, 9.17) is 9.97 Å². The van der Waals surface area contributed by atoms with Crippen LogP contribution in [0.25, 0.3) is 83.7 Å². The van der Waals surface area contributed by atoms with Crippen LogP contribution in [-0.2, 0) is 0 Å². The van der Waals surface area contributed by atoms with Crippen LogP contribution in [0.5, 0.6) is 0 Å². The maximum atomic E-state index is 4.98. The summed E-state index contributed by atoms with van der Waals surface area (Å²) >= 11 is 0. The lowest BCUT2D eigenvalue weighted by Gasteiger charge is -2.29. The van der Waals surface area contributed by atoms with E-state index in [1.165, 1.54) is 16.7 Å². The highest BCUT2D eigenvalue weighted by atomic mass is 15.2. The van der Waals surface area contributed by atoms with Crippen molar-refractivity contribution < 1.29 is 0 Å². The molecular weight excluding hydrogens is 789 g/mol. The van der Waals surface area contributed by atoms with E-state index < -0.39 is 0 Å². The first-order valence-corrected chi connectivity index (χ1v) is 22.1. The van der Waals surface area contributed by atoms with Crippen LogP contribution in [0.1, 0.15) is 5.56 Å².